The molecular weight excluding hydrogens is 388 g/mol. The second-order valence-electron chi connectivity index (χ2n) is 7.36. The van der Waals surface area contributed by atoms with Crippen molar-refractivity contribution in [3.05, 3.63) is 54.1 Å². The molecule has 156 valence electrons. The zero-order valence-corrected chi connectivity index (χ0v) is 17.7. The number of carbonyl (C=O) groups is 1. The van der Waals surface area contributed by atoms with Crippen LogP contribution in [0.2, 0.25) is 0 Å². The monoisotopic (exact) mass is 416 g/mol. The predicted octanol–water partition coefficient (Wildman–Crippen LogP) is 3.97. The van der Waals surface area contributed by atoms with Gasteiger partial charge >= 0.3 is 0 Å². The van der Waals surface area contributed by atoms with Gasteiger partial charge in [0.25, 0.3) is 5.91 Å². The fourth-order valence-electron chi connectivity index (χ4n) is 3.32. The number of benzene rings is 2. The average Bonchev–Trinajstić information content (AvgIpc) is 3.00. The van der Waals surface area contributed by atoms with E-state index in [9.17, 15) is 13.2 Å². The van der Waals surface area contributed by atoms with E-state index in [1.165, 1.54) is 0 Å². The number of amides is 1. The minimum Gasteiger partial charge on any atom is -0.481 e. The van der Waals surface area contributed by atoms with E-state index in [-0.39, 0.29) is 10.8 Å². The first-order valence-corrected chi connectivity index (χ1v) is 11.5. The fraction of sp³-hybridized carbons (Fsp3) is 0.409. The van der Waals surface area contributed by atoms with Crippen LogP contribution in [-0.4, -0.2) is 37.8 Å². The lowest BCUT2D eigenvalue weighted by atomic mass is 10.2. The van der Waals surface area contributed by atoms with E-state index in [1.807, 2.05) is 31.2 Å². The van der Waals surface area contributed by atoms with Crippen molar-refractivity contribution in [2.45, 2.75) is 50.5 Å². The number of rotatable bonds is 6. The molecule has 3 rings (SSSR count). The molecule has 1 saturated heterocycles. The lowest BCUT2D eigenvalue weighted by Gasteiger charge is -2.20. The smallest absolute Gasteiger partial charge is 0.265 e. The van der Waals surface area contributed by atoms with Crippen LogP contribution < -0.4 is 10.1 Å². The van der Waals surface area contributed by atoms with Crippen molar-refractivity contribution in [3.63, 3.8) is 0 Å². The second-order valence-corrected chi connectivity index (χ2v) is 9.30. The number of hydrogen-bond donors (Lipinski definition) is 1. The van der Waals surface area contributed by atoms with Gasteiger partial charge in [-0.1, -0.05) is 31.0 Å². The van der Waals surface area contributed by atoms with Crippen molar-refractivity contribution in [3.8, 4) is 5.75 Å². The molecule has 1 aliphatic heterocycles. The van der Waals surface area contributed by atoms with Crippen molar-refractivity contribution in [2.75, 3.05) is 18.4 Å². The third-order valence-corrected chi connectivity index (χ3v) is 7.00. The maximum absolute atomic E-state index is 12.8. The summed E-state index contributed by atoms with van der Waals surface area (Å²) < 4.78 is 33.0. The molecule has 2 aromatic carbocycles. The molecule has 1 aliphatic rings. The summed E-state index contributed by atoms with van der Waals surface area (Å²) in [6.45, 7) is 4.73. The largest absolute Gasteiger partial charge is 0.481 e. The van der Waals surface area contributed by atoms with Gasteiger partial charge in [-0.15, -0.1) is 0 Å². The number of sulfonamides is 1. The number of anilines is 1. The van der Waals surface area contributed by atoms with Crippen molar-refractivity contribution in [1.82, 2.24) is 4.31 Å². The summed E-state index contributed by atoms with van der Waals surface area (Å²) >= 11 is 0. The zero-order valence-electron chi connectivity index (χ0n) is 16.9. The molecule has 7 heteroatoms. The first-order valence-electron chi connectivity index (χ1n) is 10.0. The molecule has 0 aliphatic carbocycles. The summed E-state index contributed by atoms with van der Waals surface area (Å²) in [5, 5.41) is 2.78. The van der Waals surface area contributed by atoms with Gasteiger partial charge in [-0.05, 0) is 62.6 Å². The third kappa shape index (κ3) is 5.36. The Morgan fingerprint density at radius 3 is 2.24 bits per heavy atom. The molecule has 0 spiro atoms. The Kier molecular flexibility index (Phi) is 6.92. The number of nitrogens with zero attached hydrogens (tertiary/aromatic N) is 1. The summed E-state index contributed by atoms with van der Waals surface area (Å²) in [6.07, 6.45) is 3.24. The Bertz CT molecular complexity index is 934. The van der Waals surface area contributed by atoms with E-state index in [2.05, 4.69) is 5.32 Å². The number of hydrogen-bond acceptors (Lipinski definition) is 4. The fourth-order valence-corrected chi connectivity index (χ4v) is 4.83. The molecule has 1 heterocycles. The van der Waals surface area contributed by atoms with Gasteiger partial charge in [0.2, 0.25) is 10.0 Å². The molecule has 0 aromatic heterocycles. The Morgan fingerprint density at radius 2 is 1.62 bits per heavy atom. The van der Waals surface area contributed by atoms with Crippen LogP contribution in [0.25, 0.3) is 0 Å². The molecular formula is C22H28N2O4S. The maximum Gasteiger partial charge on any atom is 0.265 e. The van der Waals surface area contributed by atoms with Gasteiger partial charge < -0.3 is 10.1 Å². The molecule has 0 radical (unpaired) electrons. The van der Waals surface area contributed by atoms with Crippen molar-refractivity contribution in [2.24, 2.45) is 0 Å². The summed E-state index contributed by atoms with van der Waals surface area (Å²) in [5.41, 5.74) is 1.49. The lowest BCUT2D eigenvalue weighted by Crippen LogP contribution is -2.32. The maximum atomic E-state index is 12.8. The topological polar surface area (TPSA) is 75.7 Å². The van der Waals surface area contributed by atoms with Crippen LogP contribution in [0.1, 0.15) is 38.2 Å². The number of para-hydroxylation sites is 1. The normalized spacial score (nSPS) is 16.6. The van der Waals surface area contributed by atoms with Crippen LogP contribution in [0, 0.1) is 6.92 Å². The second kappa shape index (κ2) is 9.41. The number of aryl methyl sites for hydroxylation is 1. The van der Waals surface area contributed by atoms with Gasteiger partial charge in [-0.3, -0.25) is 4.79 Å². The standard InChI is InChI=1S/C22H28N2O4S/c1-17-9-5-6-10-21(17)28-18(2)22(25)23-19-11-13-20(14-12-19)29(26,27)24-15-7-3-4-8-16-24/h5-6,9-14,18H,3-4,7-8,15-16H2,1-2H3,(H,23,25). The van der Waals surface area contributed by atoms with Gasteiger partial charge in [0, 0.05) is 18.8 Å². The van der Waals surface area contributed by atoms with E-state index in [1.54, 1.807) is 35.5 Å². The summed E-state index contributed by atoms with van der Waals surface area (Å²) in [5.74, 6) is 0.366. The highest BCUT2D eigenvalue weighted by atomic mass is 32.2. The molecule has 1 fully saturated rings. The van der Waals surface area contributed by atoms with Crippen LogP contribution >= 0.6 is 0 Å². The molecule has 6 nitrogen and oxygen atoms in total. The molecule has 1 unspecified atom stereocenters. The van der Waals surface area contributed by atoms with Crippen molar-refractivity contribution >= 4 is 21.6 Å². The average molecular weight is 417 g/mol. The van der Waals surface area contributed by atoms with E-state index in [0.29, 0.717) is 24.5 Å². The van der Waals surface area contributed by atoms with Gasteiger partial charge in [0.15, 0.2) is 6.10 Å². The number of ether oxygens (including phenoxy) is 1. The van der Waals surface area contributed by atoms with Gasteiger partial charge in [-0.25, -0.2) is 8.42 Å². The van der Waals surface area contributed by atoms with E-state index >= 15 is 0 Å². The molecule has 1 N–H and O–H groups in total. The predicted molar refractivity (Wildman–Crippen MR) is 114 cm³/mol. The van der Waals surface area contributed by atoms with Crippen LogP contribution in [0.15, 0.2) is 53.4 Å². The molecule has 29 heavy (non-hydrogen) atoms. The van der Waals surface area contributed by atoms with Gasteiger partial charge in [-0.2, -0.15) is 4.31 Å². The quantitative estimate of drug-likeness (QED) is 0.773. The SMILES string of the molecule is Cc1ccccc1OC(C)C(=O)Nc1ccc(S(=O)(=O)N2CCCCCC2)cc1. The Hall–Kier alpha value is -2.38. The summed E-state index contributed by atoms with van der Waals surface area (Å²) in [7, 11) is -3.50. The summed E-state index contributed by atoms with van der Waals surface area (Å²) in [4.78, 5) is 12.7. The van der Waals surface area contributed by atoms with E-state index < -0.39 is 16.1 Å². The highest BCUT2D eigenvalue weighted by Crippen LogP contribution is 2.22. The minimum absolute atomic E-state index is 0.251. The number of nitrogens with one attached hydrogen (secondary N) is 1. The lowest BCUT2D eigenvalue weighted by molar-refractivity contribution is -0.122. The van der Waals surface area contributed by atoms with Crippen LogP contribution in [-0.2, 0) is 14.8 Å². The first kappa shape index (κ1) is 21.3. The van der Waals surface area contributed by atoms with Crippen molar-refractivity contribution in [1.29, 1.82) is 0 Å². The molecule has 0 bridgehead atoms. The molecule has 0 saturated carbocycles. The van der Waals surface area contributed by atoms with Crippen LogP contribution in [0.5, 0.6) is 5.75 Å². The van der Waals surface area contributed by atoms with Gasteiger partial charge in [0.1, 0.15) is 5.75 Å². The zero-order chi connectivity index (χ0) is 20.9. The van der Waals surface area contributed by atoms with E-state index in [0.717, 1.165) is 31.2 Å². The summed E-state index contributed by atoms with van der Waals surface area (Å²) in [6, 6.07) is 13.8. The number of carbonyl (C=O) groups excluding carboxylic acids is 1. The highest BCUT2D eigenvalue weighted by Gasteiger charge is 2.25. The molecule has 1 atom stereocenters. The van der Waals surface area contributed by atoms with Crippen LogP contribution in [0.4, 0.5) is 5.69 Å². The molecule has 2 aromatic rings. The third-order valence-electron chi connectivity index (χ3n) is 5.09. The van der Waals surface area contributed by atoms with Crippen LogP contribution in [0.3, 0.4) is 0 Å². The van der Waals surface area contributed by atoms with Gasteiger partial charge in [0.05, 0.1) is 4.90 Å². The highest BCUT2D eigenvalue weighted by molar-refractivity contribution is 7.89. The Balaban J connectivity index is 1.63. The van der Waals surface area contributed by atoms with Crippen molar-refractivity contribution < 1.29 is 17.9 Å². The molecule has 1 amide bonds. The van der Waals surface area contributed by atoms with E-state index in [4.69, 9.17) is 4.74 Å². The first-order chi connectivity index (χ1) is 13.9. The Labute approximate surface area is 172 Å². The Morgan fingerprint density at radius 1 is 1.00 bits per heavy atom. The minimum atomic E-state index is -3.50.